The van der Waals surface area contributed by atoms with Crippen molar-refractivity contribution in [1.29, 1.82) is 0 Å². The van der Waals surface area contributed by atoms with Gasteiger partial charge in [-0.25, -0.2) is 8.78 Å². The molecule has 0 spiro atoms. The lowest BCUT2D eigenvalue weighted by Gasteiger charge is -2.08. The van der Waals surface area contributed by atoms with Crippen molar-refractivity contribution in [3.63, 3.8) is 0 Å². The van der Waals surface area contributed by atoms with Crippen LogP contribution in [0.4, 0.5) is 8.78 Å². The van der Waals surface area contributed by atoms with Gasteiger partial charge < -0.3 is 9.84 Å². The highest BCUT2D eigenvalue weighted by Gasteiger charge is 2.14. The molecule has 1 atom stereocenters. The lowest BCUT2D eigenvalue weighted by molar-refractivity contribution is 0.182. The summed E-state index contributed by atoms with van der Waals surface area (Å²) < 4.78 is 34.7. The van der Waals surface area contributed by atoms with Gasteiger partial charge >= 0.3 is 0 Å². The first kappa shape index (κ1) is 23.4. The maximum atomic E-state index is 14.7. The second-order valence-electron chi connectivity index (χ2n) is 7.57. The summed E-state index contributed by atoms with van der Waals surface area (Å²) in [6, 6.07) is 14.1. The van der Waals surface area contributed by atoms with Crippen LogP contribution in [-0.4, -0.2) is 22.8 Å². The zero-order valence-corrected chi connectivity index (χ0v) is 18.1. The van der Waals surface area contributed by atoms with E-state index in [-0.39, 0.29) is 17.2 Å². The Morgan fingerprint density at radius 2 is 1.78 bits per heavy atom. The number of aliphatic hydroxyl groups excluding tert-OH is 1. The van der Waals surface area contributed by atoms with Crippen molar-refractivity contribution in [1.82, 2.24) is 4.98 Å². The van der Waals surface area contributed by atoms with Crippen molar-refractivity contribution in [2.75, 3.05) is 6.61 Å². The summed E-state index contributed by atoms with van der Waals surface area (Å²) in [6.45, 7) is 5.79. The summed E-state index contributed by atoms with van der Waals surface area (Å²) >= 11 is 0. The molecule has 3 rings (SSSR count). The Balaban J connectivity index is 1.72. The Labute approximate surface area is 187 Å². The van der Waals surface area contributed by atoms with Crippen LogP contribution in [0.25, 0.3) is 28.5 Å². The third kappa shape index (κ3) is 6.11. The lowest BCUT2D eigenvalue weighted by Crippen LogP contribution is -1.97. The molecular weight excluding hydrogens is 408 g/mol. The molecule has 1 unspecified atom stereocenters. The third-order valence-electron chi connectivity index (χ3n) is 4.99. The van der Waals surface area contributed by atoms with E-state index in [4.69, 9.17) is 4.74 Å². The standard InChI is InChI=1S/C27H27F2NO2/c1-3-17-32-23-13-9-20(10-14-23)25-16-12-22(18-30-25)24-15-11-21(26(28)27(24)29)8-6-4-5-7-19(2)31/h3,6,8-16,18-19,31H,1,4-5,7,17H2,2H3/b8-6+. The van der Waals surface area contributed by atoms with Gasteiger partial charge in [-0.1, -0.05) is 43.0 Å². The van der Waals surface area contributed by atoms with Gasteiger partial charge in [0.25, 0.3) is 0 Å². The second kappa shape index (κ2) is 11.3. The summed E-state index contributed by atoms with van der Waals surface area (Å²) in [7, 11) is 0. The van der Waals surface area contributed by atoms with Gasteiger partial charge in [0.15, 0.2) is 11.6 Å². The minimum absolute atomic E-state index is 0.168. The lowest BCUT2D eigenvalue weighted by atomic mass is 10.0. The largest absolute Gasteiger partial charge is 0.490 e. The smallest absolute Gasteiger partial charge is 0.167 e. The van der Waals surface area contributed by atoms with E-state index in [2.05, 4.69) is 11.6 Å². The van der Waals surface area contributed by atoms with Crippen LogP contribution in [0, 0.1) is 11.6 Å². The molecule has 0 aliphatic heterocycles. The predicted molar refractivity (Wildman–Crippen MR) is 125 cm³/mol. The number of benzene rings is 2. The average molecular weight is 436 g/mol. The monoisotopic (exact) mass is 435 g/mol. The third-order valence-corrected chi connectivity index (χ3v) is 4.99. The highest BCUT2D eigenvalue weighted by Crippen LogP contribution is 2.28. The average Bonchev–Trinajstić information content (AvgIpc) is 2.80. The molecule has 1 heterocycles. The van der Waals surface area contributed by atoms with Crippen molar-refractivity contribution < 1.29 is 18.6 Å². The van der Waals surface area contributed by atoms with E-state index < -0.39 is 11.6 Å². The van der Waals surface area contributed by atoms with E-state index in [9.17, 15) is 13.9 Å². The van der Waals surface area contributed by atoms with E-state index in [1.165, 1.54) is 0 Å². The Bertz CT molecular complexity index is 1060. The second-order valence-corrected chi connectivity index (χ2v) is 7.57. The van der Waals surface area contributed by atoms with Gasteiger partial charge in [-0.2, -0.15) is 0 Å². The summed E-state index contributed by atoms with van der Waals surface area (Å²) in [5.41, 5.74) is 2.49. The van der Waals surface area contributed by atoms with Crippen molar-refractivity contribution >= 4 is 6.08 Å². The van der Waals surface area contributed by atoms with E-state index in [0.717, 1.165) is 23.4 Å². The molecule has 0 amide bonds. The van der Waals surface area contributed by atoms with Crippen LogP contribution in [0.5, 0.6) is 5.75 Å². The molecule has 0 aliphatic carbocycles. The molecule has 0 radical (unpaired) electrons. The summed E-state index contributed by atoms with van der Waals surface area (Å²) in [6.07, 6.45) is 8.40. The van der Waals surface area contributed by atoms with Gasteiger partial charge in [0.05, 0.1) is 11.8 Å². The Morgan fingerprint density at radius 3 is 2.44 bits per heavy atom. The van der Waals surface area contributed by atoms with Crippen molar-refractivity contribution in [2.45, 2.75) is 32.3 Å². The van der Waals surface area contributed by atoms with Crippen LogP contribution in [-0.2, 0) is 0 Å². The zero-order valence-electron chi connectivity index (χ0n) is 18.1. The number of aromatic nitrogens is 1. The molecule has 0 bridgehead atoms. The quantitative estimate of drug-likeness (QED) is 0.281. The minimum Gasteiger partial charge on any atom is -0.490 e. The fourth-order valence-corrected chi connectivity index (χ4v) is 3.26. The first-order valence-corrected chi connectivity index (χ1v) is 10.6. The highest BCUT2D eigenvalue weighted by molar-refractivity contribution is 5.69. The van der Waals surface area contributed by atoms with Gasteiger partial charge in [-0.15, -0.1) is 0 Å². The zero-order chi connectivity index (χ0) is 22.9. The number of nitrogens with zero attached hydrogens (tertiary/aromatic N) is 1. The number of aliphatic hydroxyl groups is 1. The molecule has 0 fully saturated rings. The number of hydrogen-bond acceptors (Lipinski definition) is 3. The molecule has 166 valence electrons. The van der Waals surface area contributed by atoms with Gasteiger partial charge in [0, 0.05) is 28.5 Å². The maximum Gasteiger partial charge on any atom is 0.167 e. The number of allylic oxidation sites excluding steroid dienone is 1. The van der Waals surface area contributed by atoms with Gasteiger partial charge in [0.2, 0.25) is 0 Å². The van der Waals surface area contributed by atoms with Gasteiger partial charge in [0.1, 0.15) is 12.4 Å². The Kier molecular flexibility index (Phi) is 8.28. The number of ether oxygens (including phenoxy) is 1. The van der Waals surface area contributed by atoms with Crippen LogP contribution in [0.1, 0.15) is 31.7 Å². The minimum atomic E-state index is -0.894. The topological polar surface area (TPSA) is 42.4 Å². The Hall–Kier alpha value is -3.31. The molecule has 3 aromatic rings. The van der Waals surface area contributed by atoms with Crippen LogP contribution < -0.4 is 4.74 Å². The fourth-order valence-electron chi connectivity index (χ4n) is 3.26. The van der Waals surface area contributed by atoms with E-state index in [0.29, 0.717) is 25.0 Å². The number of hydrogen-bond donors (Lipinski definition) is 1. The molecule has 0 saturated carbocycles. The normalized spacial score (nSPS) is 12.1. The van der Waals surface area contributed by atoms with Crippen molar-refractivity contribution in [3.8, 4) is 28.1 Å². The molecule has 0 saturated heterocycles. The molecule has 1 aromatic heterocycles. The van der Waals surface area contributed by atoms with Gasteiger partial charge in [-0.3, -0.25) is 4.98 Å². The molecule has 2 aromatic carbocycles. The Morgan fingerprint density at radius 1 is 1.03 bits per heavy atom. The first-order valence-electron chi connectivity index (χ1n) is 10.6. The molecule has 0 aliphatic rings. The van der Waals surface area contributed by atoms with Crippen LogP contribution in [0.2, 0.25) is 0 Å². The number of halogens is 2. The number of rotatable bonds is 10. The molecular formula is C27H27F2NO2. The summed E-state index contributed by atoms with van der Waals surface area (Å²) in [4.78, 5) is 4.41. The number of unbranched alkanes of at least 4 members (excludes halogenated alkanes) is 1. The van der Waals surface area contributed by atoms with E-state index in [1.807, 2.05) is 24.3 Å². The fraction of sp³-hybridized carbons (Fsp3) is 0.222. The van der Waals surface area contributed by atoms with Crippen LogP contribution in [0.15, 0.2) is 73.5 Å². The first-order chi connectivity index (χ1) is 15.5. The molecule has 5 heteroatoms. The van der Waals surface area contributed by atoms with E-state index in [1.54, 1.807) is 55.6 Å². The van der Waals surface area contributed by atoms with Crippen molar-refractivity contribution in [2.24, 2.45) is 0 Å². The molecule has 32 heavy (non-hydrogen) atoms. The van der Waals surface area contributed by atoms with E-state index >= 15 is 0 Å². The summed E-state index contributed by atoms with van der Waals surface area (Å²) in [5.74, 6) is -1.04. The van der Waals surface area contributed by atoms with Crippen LogP contribution >= 0.6 is 0 Å². The number of pyridine rings is 1. The molecule has 1 N–H and O–H groups in total. The van der Waals surface area contributed by atoms with Crippen molar-refractivity contribution in [3.05, 3.63) is 90.7 Å². The molecule has 3 nitrogen and oxygen atoms in total. The van der Waals surface area contributed by atoms with Gasteiger partial charge in [-0.05, 0) is 56.5 Å². The maximum absolute atomic E-state index is 14.7. The SMILES string of the molecule is C=CCOc1ccc(-c2ccc(-c3ccc(/C=C/CCCC(C)O)c(F)c3F)cn2)cc1. The highest BCUT2D eigenvalue weighted by atomic mass is 19.2. The summed E-state index contributed by atoms with van der Waals surface area (Å²) in [5, 5.41) is 9.26. The van der Waals surface area contributed by atoms with Crippen LogP contribution in [0.3, 0.4) is 0 Å². The predicted octanol–water partition coefficient (Wildman–Crippen LogP) is 6.82.